The van der Waals surface area contributed by atoms with Crippen LogP contribution < -0.4 is 15.0 Å². The van der Waals surface area contributed by atoms with Gasteiger partial charge in [-0.15, -0.1) is 0 Å². The summed E-state index contributed by atoms with van der Waals surface area (Å²) in [4.78, 5) is 23.9. The predicted octanol–water partition coefficient (Wildman–Crippen LogP) is 2.75. The summed E-state index contributed by atoms with van der Waals surface area (Å²) in [5.41, 5.74) is -0.0791. The number of pyridine rings is 1. The molecule has 24 heavy (non-hydrogen) atoms. The van der Waals surface area contributed by atoms with Gasteiger partial charge in [-0.1, -0.05) is 0 Å². The minimum atomic E-state index is -0.194. The number of nitrogens with zero attached hydrogens (tertiary/aromatic N) is 1. The molecule has 0 spiro atoms. The number of carbonyl (C=O) groups is 1. The second-order valence-electron chi connectivity index (χ2n) is 5.37. The number of rotatable bonds is 8. The molecule has 0 aliphatic carbocycles. The van der Waals surface area contributed by atoms with E-state index in [1.54, 1.807) is 44.0 Å². The van der Waals surface area contributed by atoms with E-state index in [2.05, 4.69) is 0 Å². The number of carbonyl (C=O) groups excluding carboxylic acids is 1. The van der Waals surface area contributed by atoms with Crippen LogP contribution in [0, 0.1) is 0 Å². The van der Waals surface area contributed by atoms with E-state index in [1.807, 2.05) is 6.07 Å². The van der Waals surface area contributed by atoms with Gasteiger partial charge in [0.15, 0.2) is 11.5 Å². The van der Waals surface area contributed by atoms with Crippen molar-refractivity contribution < 1.29 is 19.0 Å². The van der Waals surface area contributed by atoms with Gasteiger partial charge in [-0.05, 0) is 43.4 Å². The highest BCUT2D eigenvalue weighted by Crippen LogP contribution is 2.30. The Kier molecular flexibility index (Phi) is 6.23. The Morgan fingerprint density at radius 3 is 2.50 bits per heavy atom. The maximum absolute atomic E-state index is 12.6. The molecule has 2 aromatic rings. The van der Waals surface area contributed by atoms with Crippen LogP contribution in [-0.2, 0) is 16.1 Å². The molecule has 6 heteroatoms. The first-order valence-corrected chi connectivity index (χ1v) is 8.01. The smallest absolute Gasteiger partial charge is 0.305 e. The van der Waals surface area contributed by atoms with Gasteiger partial charge < -0.3 is 18.8 Å². The van der Waals surface area contributed by atoms with Gasteiger partial charge in [-0.2, -0.15) is 0 Å². The molecular formula is C18H23NO5. The van der Waals surface area contributed by atoms with Crippen molar-refractivity contribution in [1.29, 1.82) is 0 Å². The van der Waals surface area contributed by atoms with Crippen LogP contribution in [0.25, 0.3) is 10.8 Å². The first-order chi connectivity index (χ1) is 11.6. The van der Waals surface area contributed by atoms with Gasteiger partial charge in [0.25, 0.3) is 5.56 Å². The molecule has 0 saturated heterocycles. The maximum Gasteiger partial charge on any atom is 0.305 e. The zero-order valence-corrected chi connectivity index (χ0v) is 14.3. The molecule has 0 fully saturated rings. The summed E-state index contributed by atoms with van der Waals surface area (Å²) >= 11 is 0. The zero-order chi connectivity index (χ0) is 17.5. The Labute approximate surface area is 140 Å². The van der Waals surface area contributed by atoms with E-state index in [9.17, 15) is 9.59 Å². The quantitative estimate of drug-likeness (QED) is 0.549. The Bertz CT molecular complexity index is 766. The molecule has 0 saturated carbocycles. The summed E-state index contributed by atoms with van der Waals surface area (Å²) in [7, 11) is 3.11. The van der Waals surface area contributed by atoms with Crippen molar-refractivity contribution in [3.8, 4) is 11.5 Å². The van der Waals surface area contributed by atoms with Crippen LogP contribution in [0.4, 0.5) is 0 Å². The lowest BCUT2D eigenvalue weighted by atomic mass is 10.1. The Morgan fingerprint density at radius 1 is 1.12 bits per heavy atom. The fourth-order valence-corrected chi connectivity index (χ4v) is 2.57. The van der Waals surface area contributed by atoms with Crippen molar-refractivity contribution >= 4 is 16.7 Å². The highest BCUT2D eigenvalue weighted by Gasteiger charge is 2.10. The van der Waals surface area contributed by atoms with Gasteiger partial charge in [0.05, 0.1) is 26.2 Å². The highest BCUT2D eigenvalue weighted by atomic mass is 16.5. The number of hydrogen-bond acceptors (Lipinski definition) is 5. The molecule has 130 valence electrons. The van der Waals surface area contributed by atoms with E-state index in [1.165, 1.54) is 0 Å². The third-order valence-corrected chi connectivity index (χ3v) is 3.82. The summed E-state index contributed by atoms with van der Waals surface area (Å²) in [6, 6.07) is 5.37. The summed E-state index contributed by atoms with van der Waals surface area (Å²) < 4.78 is 17.1. The van der Waals surface area contributed by atoms with Crippen LogP contribution in [0.3, 0.4) is 0 Å². The van der Waals surface area contributed by atoms with Crippen molar-refractivity contribution in [2.24, 2.45) is 0 Å². The Balaban J connectivity index is 2.13. The lowest BCUT2D eigenvalue weighted by Crippen LogP contribution is -2.19. The molecule has 0 atom stereocenters. The monoisotopic (exact) mass is 333 g/mol. The third-order valence-electron chi connectivity index (χ3n) is 3.82. The predicted molar refractivity (Wildman–Crippen MR) is 91.8 cm³/mol. The summed E-state index contributed by atoms with van der Waals surface area (Å²) in [5.74, 6) is 0.930. The van der Waals surface area contributed by atoms with Gasteiger partial charge in [-0.25, -0.2) is 0 Å². The van der Waals surface area contributed by atoms with Crippen LogP contribution in [-0.4, -0.2) is 31.4 Å². The molecule has 1 aromatic heterocycles. The molecule has 0 aliphatic heterocycles. The second-order valence-corrected chi connectivity index (χ2v) is 5.37. The van der Waals surface area contributed by atoms with Crippen molar-refractivity contribution in [3.05, 3.63) is 34.7 Å². The van der Waals surface area contributed by atoms with E-state index in [4.69, 9.17) is 14.2 Å². The van der Waals surface area contributed by atoms with Crippen molar-refractivity contribution in [1.82, 2.24) is 4.57 Å². The Hall–Kier alpha value is -2.50. The molecular weight excluding hydrogens is 310 g/mol. The zero-order valence-electron chi connectivity index (χ0n) is 14.3. The van der Waals surface area contributed by atoms with Crippen LogP contribution in [0.5, 0.6) is 11.5 Å². The minimum Gasteiger partial charge on any atom is -0.493 e. The summed E-state index contributed by atoms with van der Waals surface area (Å²) in [6.07, 6.45) is 3.56. The lowest BCUT2D eigenvalue weighted by Gasteiger charge is -2.11. The number of aryl methyl sites for hydroxylation is 1. The number of benzene rings is 1. The van der Waals surface area contributed by atoms with E-state index < -0.39 is 0 Å². The van der Waals surface area contributed by atoms with Crippen LogP contribution in [0.15, 0.2) is 29.2 Å². The molecule has 0 bridgehead atoms. The number of ether oxygens (including phenoxy) is 3. The molecule has 0 unspecified atom stereocenters. The average molecular weight is 333 g/mol. The molecule has 0 amide bonds. The molecule has 1 aromatic carbocycles. The third kappa shape index (κ3) is 4.07. The number of hydrogen-bond donors (Lipinski definition) is 0. The number of aromatic nitrogens is 1. The van der Waals surface area contributed by atoms with E-state index in [-0.39, 0.29) is 11.5 Å². The van der Waals surface area contributed by atoms with Crippen molar-refractivity contribution in [2.75, 3.05) is 20.8 Å². The molecule has 2 rings (SSSR count). The van der Waals surface area contributed by atoms with E-state index in [0.29, 0.717) is 42.9 Å². The fourth-order valence-electron chi connectivity index (χ4n) is 2.57. The van der Waals surface area contributed by atoms with E-state index >= 15 is 0 Å². The molecule has 6 nitrogen and oxygen atoms in total. The molecule has 0 N–H and O–H groups in total. The number of fused-ring (bicyclic) bond motifs is 1. The topological polar surface area (TPSA) is 66.8 Å². The SMILES string of the molecule is CCOC(=O)CCCCn1ccc2cc(OC)c(OC)cc2c1=O. The van der Waals surface area contributed by atoms with Gasteiger partial charge in [0.1, 0.15) is 0 Å². The molecule has 0 aliphatic rings. The van der Waals surface area contributed by atoms with Gasteiger partial charge in [0, 0.05) is 19.2 Å². The second kappa shape index (κ2) is 8.38. The maximum atomic E-state index is 12.6. The number of methoxy groups -OCH3 is 2. The van der Waals surface area contributed by atoms with Gasteiger partial charge in [0.2, 0.25) is 0 Å². The standard InChI is InChI=1S/C18H23NO5/c1-4-24-17(20)7-5-6-9-19-10-8-13-11-15(22-2)16(23-3)12-14(13)18(19)21/h8,10-12H,4-7,9H2,1-3H3. The van der Waals surface area contributed by atoms with Gasteiger partial charge >= 0.3 is 5.97 Å². The van der Waals surface area contributed by atoms with Crippen molar-refractivity contribution in [2.45, 2.75) is 32.7 Å². The van der Waals surface area contributed by atoms with Gasteiger partial charge in [-0.3, -0.25) is 9.59 Å². The largest absolute Gasteiger partial charge is 0.493 e. The van der Waals surface area contributed by atoms with Crippen LogP contribution in [0.2, 0.25) is 0 Å². The first-order valence-electron chi connectivity index (χ1n) is 8.01. The summed E-state index contributed by atoms with van der Waals surface area (Å²) in [5, 5.41) is 1.39. The normalized spacial score (nSPS) is 10.6. The average Bonchev–Trinajstić information content (AvgIpc) is 2.59. The van der Waals surface area contributed by atoms with Crippen LogP contribution >= 0.6 is 0 Å². The number of unbranched alkanes of at least 4 members (excludes halogenated alkanes) is 1. The Morgan fingerprint density at radius 2 is 1.83 bits per heavy atom. The first kappa shape index (κ1) is 17.8. The highest BCUT2D eigenvalue weighted by molar-refractivity contribution is 5.85. The fraction of sp³-hybridized carbons (Fsp3) is 0.444. The molecule has 1 heterocycles. The minimum absolute atomic E-state index is 0.0791. The van der Waals surface area contributed by atoms with E-state index in [0.717, 1.165) is 11.8 Å². The lowest BCUT2D eigenvalue weighted by molar-refractivity contribution is -0.143. The molecule has 0 radical (unpaired) electrons. The van der Waals surface area contributed by atoms with Crippen LogP contribution in [0.1, 0.15) is 26.2 Å². The number of esters is 1. The summed E-state index contributed by atoms with van der Waals surface area (Å²) in [6.45, 7) is 2.74. The van der Waals surface area contributed by atoms with Crippen molar-refractivity contribution in [3.63, 3.8) is 0 Å².